The number of rotatable bonds is 4. The maximum absolute atomic E-state index is 11.9. The van der Waals surface area contributed by atoms with Crippen molar-refractivity contribution in [2.75, 3.05) is 12.3 Å². The van der Waals surface area contributed by atoms with Gasteiger partial charge in [-0.3, -0.25) is 0 Å². The molecule has 96 valence electrons. The standard InChI is InChI=1S/C11H20F3NS/c1-8-6-10(2,3)7-9(8)15-4-5-16-11(12,13)14/h8-9,15H,4-7H2,1-3H3. The van der Waals surface area contributed by atoms with E-state index in [1.165, 1.54) is 0 Å². The zero-order valence-corrected chi connectivity index (χ0v) is 10.8. The summed E-state index contributed by atoms with van der Waals surface area (Å²) in [5, 5.41) is 3.24. The summed E-state index contributed by atoms with van der Waals surface area (Å²) in [5.74, 6) is 0.665. The van der Waals surface area contributed by atoms with Crippen LogP contribution in [0.5, 0.6) is 0 Å². The van der Waals surface area contributed by atoms with Gasteiger partial charge in [-0.1, -0.05) is 20.8 Å². The van der Waals surface area contributed by atoms with Crippen molar-refractivity contribution in [2.24, 2.45) is 11.3 Å². The Morgan fingerprint density at radius 3 is 2.38 bits per heavy atom. The fourth-order valence-electron chi connectivity index (χ4n) is 2.58. The third-order valence-electron chi connectivity index (χ3n) is 3.11. The van der Waals surface area contributed by atoms with Gasteiger partial charge in [0.1, 0.15) is 0 Å². The predicted octanol–water partition coefficient (Wildman–Crippen LogP) is 3.65. The van der Waals surface area contributed by atoms with Crippen LogP contribution in [0.25, 0.3) is 0 Å². The van der Waals surface area contributed by atoms with Gasteiger partial charge in [-0.15, -0.1) is 0 Å². The van der Waals surface area contributed by atoms with Crippen LogP contribution in [-0.4, -0.2) is 23.8 Å². The summed E-state index contributed by atoms with van der Waals surface area (Å²) in [6.45, 7) is 7.05. The number of nitrogens with one attached hydrogen (secondary N) is 1. The summed E-state index contributed by atoms with van der Waals surface area (Å²) in [6.07, 6.45) is 2.21. The Labute approximate surface area is 99.6 Å². The molecular weight excluding hydrogens is 235 g/mol. The molecule has 1 aliphatic rings. The Kier molecular flexibility index (Phi) is 4.57. The highest BCUT2D eigenvalue weighted by molar-refractivity contribution is 8.00. The maximum atomic E-state index is 11.9. The molecule has 2 unspecified atom stereocenters. The van der Waals surface area contributed by atoms with Gasteiger partial charge in [0, 0.05) is 18.3 Å². The van der Waals surface area contributed by atoms with Crippen LogP contribution in [-0.2, 0) is 0 Å². The van der Waals surface area contributed by atoms with Gasteiger partial charge < -0.3 is 5.32 Å². The molecule has 0 aliphatic heterocycles. The Balaban J connectivity index is 2.19. The van der Waals surface area contributed by atoms with Crippen molar-refractivity contribution in [3.8, 4) is 0 Å². The quantitative estimate of drug-likeness (QED) is 0.769. The van der Waals surface area contributed by atoms with E-state index in [-0.39, 0.29) is 17.5 Å². The average molecular weight is 255 g/mol. The van der Waals surface area contributed by atoms with Crippen LogP contribution >= 0.6 is 11.8 Å². The van der Waals surface area contributed by atoms with E-state index in [0.717, 1.165) is 12.8 Å². The first-order chi connectivity index (χ1) is 7.20. The summed E-state index contributed by atoms with van der Waals surface area (Å²) in [4.78, 5) is 0. The van der Waals surface area contributed by atoms with E-state index in [1.54, 1.807) is 0 Å². The molecule has 0 saturated heterocycles. The number of thioether (sulfide) groups is 1. The predicted molar refractivity (Wildman–Crippen MR) is 62.5 cm³/mol. The molecule has 1 saturated carbocycles. The minimum Gasteiger partial charge on any atom is -0.313 e. The van der Waals surface area contributed by atoms with Crippen molar-refractivity contribution >= 4 is 11.8 Å². The van der Waals surface area contributed by atoms with E-state index in [0.29, 0.717) is 23.9 Å². The van der Waals surface area contributed by atoms with Crippen molar-refractivity contribution in [1.29, 1.82) is 0 Å². The molecule has 1 fully saturated rings. The number of halogens is 3. The second-order valence-electron chi connectivity index (χ2n) is 5.40. The summed E-state index contributed by atoms with van der Waals surface area (Å²) >= 11 is 0.0556. The van der Waals surface area contributed by atoms with Gasteiger partial charge in [0.25, 0.3) is 0 Å². The van der Waals surface area contributed by atoms with E-state index in [1.807, 2.05) is 0 Å². The third-order valence-corrected chi connectivity index (χ3v) is 3.84. The van der Waals surface area contributed by atoms with Gasteiger partial charge in [-0.05, 0) is 35.9 Å². The first-order valence-electron chi connectivity index (χ1n) is 5.64. The van der Waals surface area contributed by atoms with Gasteiger partial charge >= 0.3 is 5.51 Å². The van der Waals surface area contributed by atoms with E-state index in [9.17, 15) is 13.2 Å². The molecule has 1 rings (SSSR count). The first kappa shape index (κ1) is 14.2. The lowest BCUT2D eigenvalue weighted by Gasteiger charge is -2.18. The second-order valence-corrected chi connectivity index (χ2v) is 6.56. The van der Waals surface area contributed by atoms with Crippen LogP contribution in [0.15, 0.2) is 0 Å². The summed E-state index contributed by atoms with van der Waals surface area (Å²) in [7, 11) is 0. The fourth-order valence-corrected chi connectivity index (χ4v) is 3.03. The molecule has 16 heavy (non-hydrogen) atoms. The number of hydrogen-bond donors (Lipinski definition) is 1. The van der Waals surface area contributed by atoms with Gasteiger partial charge in [0.2, 0.25) is 0 Å². The largest absolute Gasteiger partial charge is 0.441 e. The lowest BCUT2D eigenvalue weighted by atomic mass is 9.91. The lowest BCUT2D eigenvalue weighted by Crippen LogP contribution is -2.33. The topological polar surface area (TPSA) is 12.0 Å². The monoisotopic (exact) mass is 255 g/mol. The first-order valence-corrected chi connectivity index (χ1v) is 6.62. The average Bonchev–Trinajstić information content (AvgIpc) is 2.32. The van der Waals surface area contributed by atoms with E-state index < -0.39 is 5.51 Å². The van der Waals surface area contributed by atoms with Crippen LogP contribution in [0.2, 0.25) is 0 Å². The molecule has 0 radical (unpaired) electrons. The zero-order chi connectivity index (χ0) is 12.4. The van der Waals surface area contributed by atoms with Crippen molar-refractivity contribution in [3.05, 3.63) is 0 Å². The molecule has 0 aromatic carbocycles. The van der Waals surface area contributed by atoms with Gasteiger partial charge in [-0.25, -0.2) is 0 Å². The molecule has 1 N–H and O–H groups in total. The van der Waals surface area contributed by atoms with Crippen molar-refractivity contribution in [1.82, 2.24) is 5.32 Å². The Bertz CT molecular complexity index is 228. The molecule has 0 aromatic rings. The van der Waals surface area contributed by atoms with E-state index in [4.69, 9.17) is 0 Å². The Hall–Kier alpha value is 0.100. The minimum absolute atomic E-state index is 0.0556. The molecule has 0 spiro atoms. The zero-order valence-electron chi connectivity index (χ0n) is 10.0. The maximum Gasteiger partial charge on any atom is 0.441 e. The van der Waals surface area contributed by atoms with Crippen molar-refractivity contribution in [3.63, 3.8) is 0 Å². The molecule has 1 aliphatic carbocycles. The normalized spacial score (nSPS) is 29.6. The van der Waals surface area contributed by atoms with E-state index in [2.05, 4.69) is 26.1 Å². The molecule has 5 heteroatoms. The van der Waals surface area contributed by atoms with Crippen LogP contribution in [0.4, 0.5) is 13.2 Å². The second kappa shape index (κ2) is 5.17. The van der Waals surface area contributed by atoms with Gasteiger partial charge in [0.05, 0.1) is 0 Å². The SMILES string of the molecule is CC1CC(C)(C)CC1NCCSC(F)(F)F. The molecule has 1 nitrogen and oxygen atoms in total. The molecule has 0 aromatic heterocycles. The number of alkyl halides is 3. The van der Waals surface area contributed by atoms with E-state index >= 15 is 0 Å². The molecule has 0 amide bonds. The lowest BCUT2D eigenvalue weighted by molar-refractivity contribution is -0.0327. The number of hydrogen-bond acceptors (Lipinski definition) is 2. The fraction of sp³-hybridized carbons (Fsp3) is 1.00. The smallest absolute Gasteiger partial charge is 0.313 e. The molecule has 0 bridgehead atoms. The Morgan fingerprint density at radius 2 is 1.94 bits per heavy atom. The molecule has 0 heterocycles. The summed E-state index contributed by atoms with van der Waals surface area (Å²) < 4.78 is 35.7. The summed E-state index contributed by atoms with van der Waals surface area (Å²) in [5.41, 5.74) is -3.77. The Morgan fingerprint density at radius 1 is 1.31 bits per heavy atom. The van der Waals surface area contributed by atoms with Gasteiger partial charge in [0.15, 0.2) is 0 Å². The van der Waals surface area contributed by atoms with Crippen LogP contribution < -0.4 is 5.32 Å². The summed E-state index contributed by atoms with van der Waals surface area (Å²) in [6, 6.07) is 0.379. The van der Waals surface area contributed by atoms with Crippen molar-refractivity contribution < 1.29 is 13.2 Å². The molecule has 2 atom stereocenters. The third kappa shape index (κ3) is 4.95. The molecular formula is C11H20F3NS. The van der Waals surface area contributed by atoms with Crippen LogP contribution in [0.3, 0.4) is 0 Å². The highest BCUT2D eigenvalue weighted by Crippen LogP contribution is 2.40. The van der Waals surface area contributed by atoms with Gasteiger partial charge in [-0.2, -0.15) is 13.2 Å². The minimum atomic E-state index is -4.09. The van der Waals surface area contributed by atoms with Crippen LogP contribution in [0, 0.1) is 11.3 Å². The highest BCUT2D eigenvalue weighted by atomic mass is 32.2. The van der Waals surface area contributed by atoms with Crippen LogP contribution in [0.1, 0.15) is 33.6 Å². The van der Waals surface area contributed by atoms with Crippen molar-refractivity contribution in [2.45, 2.75) is 45.2 Å². The highest BCUT2D eigenvalue weighted by Gasteiger charge is 2.36.